The Hall–Kier alpha value is -3.19. The zero-order chi connectivity index (χ0) is 19.2. The lowest BCUT2D eigenvalue weighted by Gasteiger charge is -2.29. The Morgan fingerprint density at radius 2 is 1.68 bits per heavy atom. The highest BCUT2D eigenvalue weighted by molar-refractivity contribution is 5.94. The van der Waals surface area contributed by atoms with Crippen molar-refractivity contribution in [2.45, 2.75) is 12.6 Å². The minimum absolute atomic E-state index is 0.116. The lowest BCUT2D eigenvalue weighted by Crippen LogP contribution is -2.36. The molecule has 1 fully saturated rings. The minimum Gasteiger partial charge on any atom is -0.378 e. The average molecular weight is 377 g/mol. The van der Waals surface area contributed by atoms with Gasteiger partial charge in [0.2, 0.25) is 0 Å². The third-order valence-corrected chi connectivity index (χ3v) is 4.83. The minimum atomic E-state index is -0.222. The molecule has 2 aromatic carbocycles. The lowest BCUT2D eigenvalue weighted by molar-refractivity contribution is 0.0930. The highest BCUT2D eigenvalue weighted by Crippen LogP contribution is 2.19. The fraction of sp³-hybridized carbons (Fsp3) is 0.286. The molecule has 1 aromatic heterocycles. The quantitative estimate of drug-likeness (QED) is 0.714. The Kier molecular flexibility index (Phi) is 5.63. The molecule has 1 amide bonds. The van der Waals surface area contributed by atoms with Crippen LogP contribution in [0, 0.1) is 0 Å². The van der Waals surface area contributed by atoms with Gasteiger partial charge in [-0.05, 0) is 29.8 Å². The Labute approximate surface area is 163 Å². The molecule has 1 saturated heterocycles. The van der Waals surface area contributed by atoms with E-state index in [1.54, 1.807) is 17.2 Å². The number of ether oxygens (including phenoxy) is 1. The van der Waals surface area contributed by atoms with Gasteiger partial charge in [0.1, 0.15) is 0 Å². The number of rotatable bonds is 6. The Morgan fingerprint density at radius 3 is 2.36 bits per heavy atom. The highest BCUT2D eigenvalue weighted by Gasteiger charge is 2.18. The van der Waals surface area contributed by atoms with Gasteiger partial charge in [-0.15, -0.1) is 0 Å². The predicted octanol–water partition coefficient (Wildman–Crippen LogP) is 2.29. The summed E-state index contributed by atoms with van der Waals surface area (Å²) in [6.45, 7) is 3.69. The SMILES string of the molecule is O=C(NC(Cn1nccn1)c1ccccc1)c1ccc(N2CCOCC2)cc1. The second-order valence-corrected chi connectivity index (χ2v) is 6.67. The van der Waals surface area contributed by atoms with Crippen LogP contribution in [0.2, 0.25) is 0 Å². The summed E-state index contributed by atoms with van der Waals surface area (Å²) in [6, 6.07) is 17.4. The molecule has 144 valence electrons. The fourth-order valence-corrected chi connectivity index (χ4v) is 3.31. The molecular formula is C21H23N5O2. The summed E-state index contributed by atoms with van der Waals surface area (Å²) >= 11 is 0. The van der Waals surface area contributed by atoms with Gasteiger partial charge in [-0.25, -0.2) is 0 Å². The maximum Gasteiger partial charge on any atom is 0.251 e. The van der Waals surface area contributed by atoms with Crippen molar-refractivity contribution in [3.8, 4) is 0 Å². The number of aromatic nitrogens is 3. The number of carbonyl (C=O) groups excluding carboxylic acids is 1. The summed E-state index contributed by atoms with van der Waals surface area (Å²) in [4.78, 5) is 16.7. The van der Waals surface area contributed by atoms with Crippen LogP contribution in [0.3, 0.4) is 0 Å². The normalized spacial score (nSPS) is 15.2. The molecule has 1 aliphatic rings. The molecule has 1 atom stereocenters. The highest BCUT2D eigenvalue weighted by atomic mass is 16.5. The molecule has 7 heteroatoms. The van der Waals surface area contributed by atoms with E-state index in [1.165, 1.54) is 0 Å². The number of nitrogens with one attached hydrogen (secondary N) is 1. The third kappa shape index (κ3) is 4.37. The molecule has 0 saturated carbocycles. The van der Waals surface area contributed by atoms with Crippen LogP contribution in [0.5, 0.6) is 0 Å². The number of anilines is 1. The van der Waals surface area contributed by atoms with E-state index in [9.17, 15) is 4.79 Å². The summed E-state index contributed by atoms with van der Waals surface area (Å²) in [6.07, 6.45) is 3.27. The van der Waals surface area contributed by atoms with Crippen molar-refractivity contribution < 1.29 is 9.53 Å². The molecule has 0 radical (unpaired) electrons. The van der Waals surface area contributed by atoms with E-state index in [0.29, 0.717) is 12.1 Å². The van der Waals surface area contributed by atoms with Gasteiger partial charge in [0.05, 0.1) is 38.2 Å². The van der Waals surface area contributed by atoms with Crippen LogP contribution in [0.15, 0.2) is 67.0 Å². The van der Waals surface area contributed by atoms with E-state index in [-0.39, 0.29) is 11.9 Å². The number of carbonyl (C=O) groups is 1. The van der Waals surface area contributed by atoms with Crippen molar-refractivity contribution in [3.63, 3.8) is 0 Å². The maximum absolute atomic E-state index is 12.8. The van der Waals surface area contributed by atoms with E-state index in [1.807, 2.05) is 54.6 Å². The van der Waals surface area contributed by atoms with Gasteiger partial charge in [0.15, 0.2) is 0 Å². The largest absolute Gasteiger partial charge is 0.378 e. The second-order valence-electron chi connectivity index (χ2n) is 6.67. The Morgan fingerprint density at radius 1 is 1.00 bits per heavy atom. The van der Waals surface area contributed by atoms with Crippen LogP contribution in [-0.2, 0) is 11.3 Å². The molecule has 0 aliphatic carbocycles. The van der Waals surface area contributed by atoms with Gasteiger partial charge >= 0.3 is 0 Å². The van der Waals surface area contributed by atoms with E-state index in [0.717, 1.165) is 37.6 Å². The van der Waals surface area contributed by atoms with Crippen molar-refractivity contribution in [1.29, 1.82) is 0 Å². The first kappa shape index (κ1) is 18.2. The Balaban J connectivity index is 1.47. The molecule has 2 heterocycles. The van der Waals surface area contributed by atoms with Gasteiger partial charge in [-0.1, -0.05) is 30.3 Å². The summed E-state index contributed by atoms with van der Waals surface area (Å²) < 4.78 is 5.39. The number of nitrogens with zero attached hydrogens (tertiary/aromatic N) is 4. The van der Waals surface area contributed by atoms with Gasteiger partial charge < -0.3 is 15.0 Å². The first-order valence-electron chi connectivity index (χ1n) is 9.42. The van der Waals surface area contributed by atoms with E-state index in [4.69, 9.17) is 4.74 Å². The van der Waals surface area contributed by atoms with E-state index >= 15 is 0 Å². The standard InChI is InChI=1S/C21H23N5O2/c27-21(18-6-8-19(9-7-18)25-12-14-28-15-13-25)24-20(16-26-22-10-11-23-26)17-4-2-1-3-5-17/h1-11,20H,12-16H2,(H,24,27). The second kappa shape index (κ2) is 8.67. The molecule has 1 aliphatic heterocycles. The van der Waals surface area contributed by atoms with Gasteiger partial charge in [0, 0.05) is 24.3 Å². The average Bonchev–Trinajstić information content (AvgIpc) is 3.28. The summed E-state index contributed by atoms with van der Waals surface area (Å²) in [5, 5.41) is 11.4. The molecule has 1 unspecified atom stereocenters. The van der Waals surface area contributed by atoms with Crippen LogP contribution < -0.4 is 10.2 Å². The first-order valence-corrected chi connectivity index (χ1v) is 9.42. The van der Waals surface area contributed by atoms with Crippen LogP contribution >= 0.6 is 0 Å². The van der Waals surface area contributed by atoms with Crippen LogP contribution in [0.1, 0.15) is 22.0 Å². The van der Waals surface area contributed by atoms with Gasteiger partial charge in [0.25, 0.3) is 5.91 Å². The van der Waals surface area contributed by atoms with E-state index < -0.39 is 0 Å². The maximum atomic E-state index is 12.8. The summed E-state index contributed by atoms with van der Waals surface area (Å²) in [7, 11) is 0. The smallest absolute Gasteiger partial charge is 0.251 e. The summed E-state index contributed by atoms with van der Waals surface area (Å²) in [5.74, 6) is -0.116. The molecule has 0 bridgehead atoms. The van der Waals surface area contributed by atoms with Crippen molar-refractivity contribution in [3.05, 3.63) is 78.1 Å². The lowest BCUT2D eigenvalue weighted by atomic mass is 10.1. The van der Waals surface area contributed by atoms with Crippen molar-refractivity contribution in [1.82, 2.24) is 20.3 Å². The molecule has 3 aromatic rings. The van der Waals surface area contributed by atoms with Crippen LogP contribution in [0.25, 0.3) is 0 Å². The van der Waals surface area contributed by atoms with Gasteiger partial charge in [-0.2, -0.15) is 15.0 Å². The monoisotopic (exact) mass is 377 g/mol. The molecule has 28 heavy (non-hydrogen) atoms. The molecule has 1 N–H and O–H groups in total. The molecule has 0 spiro atoms. The number of hydrogen-bond acceptors (Lipinski definition) is 5. The van der Waals surface area contributed by atoms with Crippen LogP contribution in [0.4, 0.5) is 5.69 Å². The van der Waals surface area contributed by atoms with E-state index in [2.05, 4.69) is 20.4 Å². The van der Waals surface area contributed by atoms with Crippen molar-refractivity contribution in [2.24, 2.45) is 0 Å². The fourth-order valence-electron chi connectivity index (χ4n) is 3.31. The number of morpholine rings is 1. The summed E-state index contributed by atoms with van der Waals surface area (Å²) in [5.41, 5.74) is 2.75. The third-order valence-electron chi connectivity index (χ3n) is 4.83. The van der Waals surface area contributed by atoms with Crippen LogP contribution in [-0.4, -0.2) is 47.2 Å². The number of amides is 1. The number of benzene rings is 2. The topological polar surface area (TPSA) is 72.3 Å². The Bertz CT molecular complexity index is 875. The van der Waals surface area contributed by atoms with Crippen molar-refractivity contribution in [2.75, 3.05) is 31.2 Å². The molecular weight excluding hydrogens is 354 g/mol. The predicted molar refractivity (Wildman–Crippen MR) is 106 cm³/mol. The molecule has 4 rings (SSSR count). The first-order chi connectivity index (χ1) is 13.8. The molecule has 7 nitrogen and oxygen atoms in total. The zero-order valence-electron chi connectivity index (χ0n) is 15.6. The van der Waals surface area contributed by atoms with Crippen molar-refractivity contribution >= 4 is 11.6 Å². The zero-order valence-corrected chi connectivity index (χ0v) is 15.6. The number of hydrogen-bond donors (Lipinski definition) is 1. The van der Waals surface area contributed by atoms with Gasteiger partial charge in [-0.3, -0.25) is 4.79 Å².